The van der Waals surface area contributed by atoms with E-state index in [0.717, 1.165) is 0 Å². The Balaban J connectivity index is 2.15. The van der Waals surface area contributed by atoms with Gasteiger partial charge in [0.25, 0.3) is 5.91 Å². The maximum absolute atomic E-state index is 12.0. The van der Waals surface area contributed by atoms with Crippen molar-refractivity contribution < 1.29 is 14.6 Å². The number of phenolic OH excluding ortho intramolecular Hbond substituents is 1. The van der Waals surface area contributed by atoms with Gasteiger partial charge in [-0.3, -0.25) is 4.79 Å². The lowest BCUT2D eigenvalue weighted by Gasteiger charge is -2.10. The van der Waals surface area contributed by atoms with E-state index in [2.05, 4.69) is 5.32 Å². The van der Waals surface area contributed by atoms with Gasteiger partial charge in [0, 0.05) is 5.56 Å². The Kier molecular flexibility index (Phi) is 4.20. The smallest absolute Gasteiger partial charge is 0.255 e. The lowest BCUT2D eigenvalue weighted by atomic mass is 10.2. The molecule has 0 aliphatic heterocycles. The molecule has 0 spiro atoms. The number of aromatic hydroxyl groups is 1. The molecule has 0 fully saturated rings. The molecular weight excluding hydrogens is 256 g/mol. The Bertz CT molecular complexity index is 645. The zero-order valence-electron chi connectivity index (χ0n) is 10.5. The Morgan fingerprint density at radius 1 is 1.20 bits per heavy atom. The van der Waals surface area contributed by atoms with Crippen LogP contribution in [-0.2, 0) is 0 Å². The summed E-state index contributed by atoms with van der Waals surface area (Å²) in [5.41, 5.74) is 0.902. The number of carbonyl (C=O) groups excluding carboxylic acids is 1. The van der Waals surface area contributed by atoms with Crippen molar-refractivity contribution in [1.29, 1.82) is 5.26 Å². The van der Waals surface area contributed by atoms with Crippen LogP contribution in [-0.4, -0.2) is 17.6 Å². The molecular formula is C15H12N2O3. The second kappa shape index (κ2) is 6.25. The molecule has 0 radical (unpaired) electrons. The third-order valence-electron chi connectivity index (χ3n) is 2.56. The van der Waals surface area contributed by atoms with Crippen LogP contribution in [0.1, 0.15) is 10.4 Å². The molecule has 20 heavy (non-hydrogen) atoms. The molecule has 0 atom stereocenters. The molecule has 5 nitrogen and oxygen atoms in total. The van der Waals surface area contributed by atoms with Gasteiger partial charge in [-0.1, -0.05) is 12.1 Å². The van der Waals surface area contributed by atoms with Gasteiger partial charge in [0.1, 0.15) is 17.6 Å². The number of para-hydroxylation sites is 2. The molecule has 2 rings (SSSR count). The molecule has 0 heterocycles. The van der Waals surface area contributed by atoms with Crippen molar-refractivity contribution in [2.24, 2.45) is 0 Å². The fourth-order valence-corrected chi connectivity index (χ4v) is 1.61. The van der Waals surface area contributed by atoms with Gasteiger partial charge >= 0.3 is 0 Å². The van der Waals surface area contributed by atoms with Gasteiger partial charge in [0.05, 0.1) is 5.69 Å². The van der Waals surface area contributed by atoms with E-state index in [1.54, 1.807) is 24.3 Å². The third-order valence-corrected chi connectivity index (χ3v) is 2.56. The molecule has 0 aromatic heterocycles. The first-order valence-corrected chi connectivity index (χ1v) is 5.90. The highest BCUT2D eigenvalue weighted by Crippen LogP contribution is 2.24. The fourth-order valence-electron chi connectivity index (χ4n) is 1.61. The number of ether oxygens (including phenoxy) is 1. The van der Waals surface area contributed by atoms with E-state index >= 15 is 0 Å². The number of hydrogen-bond acceptors (Lipinski definition) is 4. The number of anilines is 1. The zero-order chi connectivity index (χ0) is 14.4. The normalized spacial score (nSPS) is 9.55. The first-order chi connectivity index (χ1) is 9.70. The highest BCUT2D eigenvalue weighted by Gasteiger charge is 2.09. The second-order valence-corrected chi connectivity index (χ2v) is 3.94. The summed E-state index contributed by atoms with van der Waals surface area (Å²) in [5.74, 6) is 0.207. The van der Waals surface area contributed by atoms with Gasteiger partial charge in [-0.25, -0.2) is 0 Å². The molecule has 0 saturated carbocycles. The number of rotatable bonds is 4. The minimum absolute atomic E-state index is 0.0912. The Labute approximate surface area is 116 Å². The predicted molar refractivity (Wildman–Crippen MR) is 73.6 cm³/mol. The summed E-state index contributed by atoms with van der Waals surface area (Å²) >= 11 is 0. The first kappa shape index (κ1) is 13.4. The van der Waals surface area contributed by atoms with Crippen molar-refractivity contribution in [3.63, 3.8) is 0 Å². The van der Waals surface area contributed by atoms with E-state index in [9.17, 15) is 9.90 Å². The van der Waals surface area contributed by atoms with E-state index < -0.39 is 0 Å². The van der Waals surface area contributed by atoms with Gasteiger partial charge in [0.2, 0.25) is 0 Å². The summed E-state index contributed by atoms with van der Waals surface area (Å²) in [4.78, 5) is 12.0. The van der Waals surface area contributed by atoms with Crippen LogP contribution >= 0.6 is 0 Å². The zero-order valence-corrected chi connectivity index (χ0v) is 10.5. The first-order valence-electron chi connectivity index (χ1n) is 5.90. The number of benzene rings is 2. The highest BCUT2D eigenvalue weighted by atomic mass is 16.5. The number of phenols is 1. The molecule has 0 bridgehead atoms. The van der Waals surface area contributed by atoms with E-state index in [1.807, 2.05) is 6.07 Å². The quantitative estimate of drug-likeness (QED) is 0.892. The summed E-state index contributed by atoms with van der Waals surface area (Å²) in [7, 11) is 0. The predicted octanol–water partition coefficient (Wildman–Crippen LogP) is 2.55. The number of amides is 1. The van der Waals surface area contributed by atoms with Crippen LogP contribution in [0.15, 0.2) is 48.5 Å². The van der Waals surface area contributed by atoms with Crippen molar-refractivity contribution >= 4 is 11.6 Å². The van der Waals surface area contributed by atoms with Gasteiger partial charge in [-0.05, 0) is 36.4 Å². The van der Waals surface area contributed by atoms with Crippen molar-refractivity contribution in [2.45, 2.75) is 0 Å². The summed E-state index contributed by atoms with van der Waals surface area (Å²) < 4.78 is 5.23. The molecule has 0 aliphatic carbocycles. The monoisotopic (exact) mass is 268 g/mol. The Morgan fingerprint density at radius 3 is 2.60 bits per heavy atom. The van der Waals surface area contributed by atoms with Gasteiger partial charge in [0.15, 0.2) is 6.61 Å². The number of nitrogens with one attached hydrogen (secondary N) is 1. The SMILES string of the molecule is N#CCOc1ccccc1NC(=O)c1ccc(O)cc1. The van der Waals surface area contributed by atoms with E-state index in [-0.39, 0.29) is 18.3 Å². The molecule has 2 aromatic rings. The number of carbonyl (C=O) groups is 1. The highest BCUT2D eigenvalue weighted by molar-refractivity contribution is 6.05. The summed E-state index contributed by atoms with van der Waals surface area (Å²) in [5, 5.41) is 20.4. The van der Waals surface area contributed by atoms with Crippen molar-refractivity contribution in [2.75, 3.05) is 11.9 Å². The van der Waals surface area contributed by atoms with Crippen LogP contribution in [0.2, 0.25) is 0 Å². The average Bonchev–Trinajstić information content (AvgIpc) is 2.47. The van der Waals surface area contributed by atoms with Crippen LogP contribution < -0.4 is 10.1 Å². The number of nitriles is 1. The molecule has 0 unspecified atom stereocenters. The standard InChI is InChI=1S/C15H12N2O3/c16-9-10-20-14-4-2-1-3-13(14)17-15(19)11-5-7-12(18)8-6-11/h1-8,18H,10H2,(H,17,19). The molecule has 2 aromatic carbocycles. The van der Waals surface area contributed by atoms with E-state index in [1.165, 1.54) is 24.3 Å². The molecule has 2 N–H and O–H groups in total. The van der Waals surface area contributed by atoms with E-state index in [4.69, 9.17) is 10.00 Å². The van der Waals surface area contributed by atoms with Crippen LogP contribution in [0.3, 0.4) is 0 Å². The summed E-state index contributed by atoms with van der Waals surface area (Å²) in [6, 6.07) is 14.6. The van der Waals surface area contributed by atoms with E-state index in [0.29, 0.717) is 17.0 Å². The molecule has 0 saturated heterocycles. The Hall–Kier alpha value is -3.00. The van der Waals surface area contributed by atoms with Crippen molar-refractivity contribution in [3.8, 4) is 17.6 Å². The lowest BCUT2D eigenvalue weighted by molar-refractivity contribution is 0.102. The van der Waals surface area contributed by atoms with Crippen molar-refractivity contribution in [1.82, 2.24) is 0 Å². The summed E-state index contributed by atoms with van der Waals surface area (Å²) in [6.45, 7) is -0.0912. The van der Waals surface area contributed by atoms with Crippen molar-refractivity contribution in [3.05, 3.63) is 54.1 Å². The van der Waals surface area contributed by atoms with Crippen LogP contribution in [0, 0.1) is 11.3 Å². The van der Waals surface area contributed by atoms with Crippen LogP contribution in [0.25, 0.3) is 0 Å². The minimum atomic E-state index is -0.321. The van der Waals surface area contributed by atoms with Gasteiger partial charge in [-0.2, -0.15) is 5.26 Å². The topological polar surface area (TPSA) is 82.3 Å². The second-order valence-electron chi connectivity index (χ2n) is 3.94. The largest absolute Gasteiger partial charge is 0.508 e. The molecule has 1 amide bonds. The number of nitrogens with zero attached hydrogens (tertiary/aromatic N) is 1. The maximum Gasteiger partial charge on any atom is 0.255 e. The molecule has 0 aliphatic rings. The Morgan fingerprint density at radius 2 is 1.90 bits per heavy atom. The van der Waals surface area contributed by atoms with Gasteiger partial charge in [-0.15, -0.1) is 0 Å². The average molecular weight is 268 g/mol. The lowest BCUT2D eigenvalue weighted by Crippen LogP contribution is -2.12. The van der Waals surface area contributed by atoms with Gasteiger partial charge < -0.3 is 15.2 Å². The summed E-state index contributed by atoms with van der Waals surface area (Å²) in [6.07, 6.45) is 0. The van der Waals surface area contributed by atoms with Crippen LogP contribution in [0.5, 0.6) is 11.5 Å². The molecule has 5 heteroatoms. The fraction of sp³-hybridized carbons (Fsp3) is 0.0667. The molecule has 100 valence electrons. The minimum Gasteiger partial charge on any atom is -0.508 e. The number of hydrogen-bond donors (Lipinski definition) is 2. The third kappa shape index (κ3) is 3.27. The van der Waals surface area contributed by atoms with Crippen LogP contribution in [0.4, 0.5) is 5.69 Å². The maximum atomic E-state index is 12.0.